The molecule has 9 heteroatoms. The number of esters is 1. The molecule has 31 heavy (non-hydrogen) atoms. The zero-order valence-electron chi connectivity index (χ0n) is 17.8. The summed E-state index contributed by atoms with van der Waals surface area (Å²) in [6, 6.07) is 3.87. The Labute approximate surface area is 188 Å². The van der Waals surface area contributed by atoms with Crippen molar-refractivity contribution in [3.8, 4) is 0 Å². The molecule has 2 N–H and O–H groups in total. The van der Waals surface area contributed by atoms with Crippen LogP contribution in [0.4, 0.5) is 0 Å². The Hall–Kier alpha value is -1.64. The summed E-state index contributed by atoms with van der Waals surface area (Å²) in [5.74, 6) is 1.25. The third-order valence-electron chi connectivity index (χ3n) is 7.44. The highest BCUT2D eigenvalue weighted by Crippen LogP contribution is 2.61. The fraction of sp³-hybridized carbons (Fsp3) is 0.636. The van der Waals surface area contributed by atoms with Crippen LogP contribution in [0.3, 0.4) is 0 Å². The summed E-state index contributed by atoms with van der Waals surface area (Å²) in [6.45, 7) is 1.66. The van der Waals surface area contributed by atoms with Gasteiger partial charge in [-0.2, -0.15) is 0 Å². The Balaban J connectivity index is 1.35. The van der Waals surface area contributed by atoms with Gasteiger partial charge in [0.05, 0.1) is 10.6 Å². The lowest BCUT2D eigenvalue weighted by Gasteiger charge is -2.59. The Kier molecular flexibility index (Phi) is 6.09. The van der Waals surface area contributed by atoms with Crippen LogP contribution in [0.25, 0.3) is 0 Å². The first-order chi connectivity index (χ1) is 14.6. The van der Waals surface area contributed by atoms with E-state index >= 15 is 0 Å². The number of carbonyl (C=O) groups excluding carboxylic acids is 2. The van der Waals surface area contributed by atoms with Crippen molar-refractivity contribution in [2.75, 3.05) is 13.7 Å². The summed E-state index contributed by atoms with van der Waals surface area (Å²) in [6.07, 6.45) is 7.53. The fourth-order valence-electron chi connectivity index (χ4n) is 6.30. The van der Waals surface area contributed by atoms with Gasteiger partial charge in [-0.05, 0) is 93.9 Å². The molecule has 4 aliphatic carbocycles. The molecule has 4 saturated carbocycles. The normalized spacial score (nSPS) is 30.1. The second-order valence-corrected chi connectivity index (χ2v) is 11.8. The minimum absolute atomic E-state index is 0.00644. The molecule has 0 aliphatic heterocycles. The van der Waals surface area contributed by atoms with E-state index in [1.165, 1.54) is 57.7 Å². The minimum Gasteiger partial charge on any atom is -0.452 e. The number of halogens is 1. The topological polar surface area (TPSA) is 102 Å². The lowest BCUT2D eigenvalue weighted by atomic mass is 9.48. The highest BCUT2D eigenvalue weighted by molar-refractivity contribution is 7.89. The molecule has 1 unspecified atom stereocenters. The summed E-state index contributed by atoms with van der Waals surface area (Å²) in [4.78, 5) is 24.7. The third kappa shape index (κ3) is 4.47. The maximum absolute atomic E-state index is 12.5. The highest BCUT2D eigenvalue weighted by atomic mass is 35.5. The smallest absolute Gasteiger partial charge is 0.338 e. The molecular weight excluding hydrogens is 440 g/mol. The number of amides is 1. The number of ether oxygens (including phenoxy) is 1. The van der Waals surface area contributed by atoms with Crippen molar-refractivity contribution in [2.24, 2.45) is 23.2 Å². The van der Waals surface area contributed by atoms with Crippen molar-refractivity contribution in [1.82, 2.24) is 10.0 Å². The number of carbonyl (C=O) groups is 2. The summed E-state index contributed by atoms with van der Waals surface area (Å²) in [5.41, 5.74) is 0.182. The van der Waals surface area contributed by atoms with Crippen molar-refractivity contribution >= 4 is 33.5 Å². The predicted molar refractivity (Wildman–Crippen MR) is 116 cm³/mol. The van der Waals surface area contributed by atoms with Gasteiger partial charge in [-0.15, -0.1) is 0 Å². The maximum Gasteiger partial charge on any atom is 0.338 e. The van der Waals surface area contributed by atoms with Gasteiger partial charge in [-0.3, -0.25) is 4.79 Å². The monoisotopic (exact) mass is 468 g/mol. The van der Waals surface area contributed by atoms with Gasteiger partial charge in [0.1, 0.15) is 4.90 Å². The lowest BCUT2D eigenvalue weighted by molar-refractivity contribution is -0.128. The maximum atomic E-state index is 12.5. The van der Waals surface area contributed by atoms with E-state index in [0.717, 1.165) is 23.8 Å². The molecule has 7 nitrogen and oxygen atoms in total. The standard InChI is InChI=1S/C22H29ClN2O5S/c1-13(22-9-14-5-15(10-22)7-16(6-14)11-22)25-20(26)12-30-21(27)17-3-4-18(23)19(8-17)31(28,29)24-2/h3-4,8,13-16,24H,5-7,9-12H2,1-2H3,(H,25,26). The zero-order valence-corrected chi connectivity index (χ0v) is 19.4. The van der Waals surface area contributed by atoms with E-state index in [4.69, 9.17) is 16.3 Å². The van der Waals surface area contributed by atoms with Gasteiger partial charge in [0.2, 0.25) is 10.0 Å². The van der Waals surface area contributed by atoms with Gasteiger partial charge in [-0.1, -0.05) is 11.6 Å². The average Bonchev–Trinajstić information content (AvgIpc) is 2.71. The van der Waals surface area contributed by atoms with Crippen LogP contribution in [0.5, 0.6) is 0 Å². The number of benzene rings is 1. The molecule has 0 radical (unpaired) electrons. The van der Waals surface area contributed by atoms with Crippen LogP contribution in [0.15, 0.2) is 23.1 Å². The number of sulfonamides is 1. The molecule has 0 spiro atoms. The average molecular weight is 469 g/mol. The van der Waals surface area contributed by atoms with E-state index in [1.807, 2.05) is 0 Å². The highest BCUT2D eigenvalue weighted by Gasteiger charge is 2.53. The van der Waals surface area contributed by atoms with Gasteiger partial charge in [-0.25, -0.2) is 17.9 Å². The molecule has 4 bridgehead atoms. The molecule has 0 saturated heterocycles. The van der Waals surface area contributed by atoms with E-state index in [9.17, 15) is 18.0 Å². The molecule has 5 rings (SSSR count). The minimum atomic E-state index is -3.82. The molecule has 1 aromatic rings. The molecule has 170 valence electrons. The molecule has 1 aromatic carbocycles. The molecule has 4 fully saturated rings. The van der Waals surface area contributed by atoms with Crippen LogP contribution >= 0.6 is 11.6 Å². The zero-order chi connectivity index (χ0) is 22.4. The van der Waals surface area contributed by atoms with Gasteiger partial charge in [0.25, 0.3) is 5.91 Å². The molecule has 4 aliphatic rings. The van der Waals surface area contributed by atoms with Crippen LogP contribution in [-0.4, -0.2) is 40.0 Å². The van der Waals surface area contributed by atoms with Gasteiger partial charge in [0.15, 0.2) is 6.61 Å². The number of hydrogen-bond donors (Lipinski definition) is 2. The van der Waals surface area contributed by atoms with Crippen LogP contribution < -0.4 is 10.0 Å². The first-order valence-electron chi connectivity index (χ1n) is 10.8. The van der Waals surface area contributed by atoms with Crippen LogP contribution in [0, 0.1) is 23.2 Å². The largest absolute Gasteiger partial charge is 0.452 e. The quantitative estimate of drug-likeness (QED) is 0.598. The number of hydrogen-bond acceptors (Lipinski definition) is 5. The Morgan fingerprint density at radius 3 is 2.29 bits per heavy atom. The van der Waals surface area contributed by atoms with Gasteiger partial charge < -0.3 is 10.1 Å². The molecule has 0 aromatic heterocycles. The van der Waals surface area contributed by atoms with Crippen LogP contribution in [0.2, 0.25) is 5.02 Å². The second kappa shape index (κ2) is 8.37. The van der Waals surface area contributed by atoms with Crippen LogP contribution in [-0.2, 0) is 19.6 Å². The van der Waals surface area contributed by atoms with Crippen molar-refractivity contribution in [1.29, 1.82) is 0 Å². The van der Waals surface area contributed by atoms with Gasteiger partial charge in [0, 0.05) is 6.04 Å². The van der Waals surface area contributed by atoms with Crippen molar-refractivity contribution in [3.63, 3.8) is 0 Å². The Morgan fingerprint density at radius 2 is 1.74 bits per heavy atom. The molecule has 1 amide bonds. The van der Waals surface area contributed by atoms with Crippen molar-refractivity contribution in [3.05, 3.63) is 28.8 Å². The second-order valence-electron chi connectivity index (χ2n) is 9.50. The van der Waals surface area contributed by atoms with E-state index in [-0.39, 0.29) is 32.8 Å². The third-order valence-corrected chi connectivity index (χ3v) is 9.34. The van der Waals surface area contributed by atoms with Gasteiger partial charge >= 0.3 is 5.97 Å². The fourth-order valence-corrected chi connectivity index (χ4v) is 7.55. The van der Waals surface area contributed by atoms with Crippen LogP contribution in [0.1, 0.15) is 55.8 Å². The first-order valence-corrected chi connectivity index (χ1v) is 12.7. The molecule has 0 heterocycles. The summed E-state index contributed by atoms with van der Waals surface area (Å²) < 4.78 is 31.4. The molecular formula is C22H29ClN2O5S. The lowest BCUT2D eigenvalue weighted by Crippen LogP contribution is -2.56. The van der Waals surface area contributed by atoms with E-state index in [2.05, 4.69) is 17.0 Å². The Bertz CT molecular complexity index is 958. The SMILES string of the molecule is CNS(=O)(=O)c1cc(C(=O)OCC(=O)NC(C)C23CC4CC(CC(C4)C2)C3)ccc1Cl. The number of rotatable bonds is 7. The summed E-state index contributed by atoms with van der Waals surface area (Å²) in [5, 5.41) is 3.05. The number of nitrogens with one attached hydrogen (secondary N) is 2. The Morgan fingerprint density at radius 1 is 1.16 bits per heavy atom. The predicted octanol–water partition coefficient (Wildman–Crippen LogP) is 3.13. The first kappa shape index (κ1) is 22.6. The van der Waals surface area contributed by atoms with E-state index in [1.54, 1.807) is 0 Å². The van der Waals surface area contributed by atoms with Crippen molar-refractivity contribution in [2.45, 2.75) is 56.4 Å². The summed E-state index contributed by atoms with van der Waals surface area (Å²) in [7, 11) is -2.57. The van der Waals surface area contributed by atoms with Crippen molar-refractivity contribution < 1.29 is 22.7 Å². The molecule has 1 atom stereocenters. The van der Waals surface area contributed by atoms with E-state index < -0.39 is 22.6 Å². The summed E-state index contributed by atoms with van der Waals surface area (Å²) >= 11 is 5.94. The van der Waals surface area contributed by atoms with E-state index in [0.29, 0.717) is 0 Å².